The Labute approximate surface area is 291 Å². The van der Waals surface area contributed by atoms with E-state index in [0.717, 1.165) is 5.75 Å². The summed E-state index contributed by atoms with van der Waals surface area (Å²) >= 11 is 0. The summed E-state index contributed by atoms with van der Waals surface area (Å²) in [5.41, 5.74) is 14.9. The minimum Gasteiger partial charge on any atom is -0.490 e. The molecular formula is C45H52OSi2. The zero-order valence-electron chi connectivity index (χ0n) is 30.7. The molecule has 1 aliphatic rings. The molecule has 0 N–H and O–H groups in total. The van der Waals surface area contributed by atoms with Gasteiger partial charge in [0, 0.05) is 5.54 Å². The van der Waals surface area contributed by atoms with Crippen LogP contribution in [0.5, 0.6) is 5.75 Å². The molecule has 6 rings (SSSR count). The molecule has 0 aromatic heterocycles. The first-order chi connectivity index (χ1) is 22.6. The number of benzene rings is 5. The van der Waals surface area contributed by atoms with Crippen molar-refractivity contribution in [2.45, 2.75) is 78.3 Å². The smallest absolute Gasteiger partial charge is 0.118 e. The third kappa shape index (κ3) is 5.97. The molecule has 0 unspecified atom stereocenters. The van der Waals surface area contributed by atoms with Crippen molar-refractivity contribution in [2.24, 2.45) is 0 Å². The van der Waals surface area contributed by atoms with E-state index in [1.165, 1.54) is 71.6 Å². The second kappa shape index (κ2) is 12.5. The fourth-order valence-corrected chi connectivity index (χ4v) is 13.7. The van der Waals surface area contributed by atoms with Gasteiger partial charge in [-0.1, -0.05) is 173 Å². The summed E-state index contributed by atoms with van der Waals surface area (Å²) in [7, 11) is -4.30. The van der Waals surface area contributed by atoms with Gasteiger partial charge in [-0.3, -0.25) is 0 Å². The first kappa shape index (κ1) is 34.0. The number of fused-ring (bicyclic) bond motifs is 3. The van der Waals surface area contributed by atoms with Crippen LogP contribution in [-0.4, -0.2) is 22.8 Å². The molecule has 0 radical (unpaired) electrons. The summed E-state index contributed by atoms with van der Waals surface area (Å²) in [5, 5.41) is 3.04. The highest BCUT2D eigenvalue weighted by molar-refractivity contribution is 6.95. The van der Waals surface area contributed by atoms with Crippen LogP contribution < -0.4 is 15.1 Å². The van der Waals surface area contributed by atoms with Crippen LogP contribution in [0.15, 0.2) is 110 Å². The van der Waals surface area contributed by atoms with Crippen molar-refractivity contribution in [2.75, 3.05) is 6.61 Å². The molecule has 246 valence electrons. The average Bonchev–Trinajstić information content (AvgIpc) is 3.37. The summed E-state index contributed by atoms with van der Waals surface area (Å²) in [5.74, 6) is 1.13. The Morgan fingerprint density at radius 3 is 1.56 bits per heavy atom. The Hall–Kier alpha value is -3.93. The number of ether oxygens (including phenoxy) is 1. The van der Waals surface area contributed by atoms with Gasteiger partial charge in [0.05, 0.1) is 16.1 Å². The minimum absolute atomic E-state index is 0.175. The fraction of sp³-hybridized carbons (Fsp3) is 0.289. The van der Waals surface area contributed by atoms with Crippen molar-refractivity contribution in [1.29, 1.82) is 0 Å². The highest BCUT2D eigenvalue weighted by Crippen LogP contribution is 2.51. The summed E-state index contributed by atoms with van der Waals surface area (Å²) in [6.07, 6.45) is 1.90. The molecule has 0 heterocycles. The van der Waals surface area contributed by atoms with Gasteiger partial charge in [-0.2, -0.15) is 0 Å². The van der Waals surface area contributed by atoms with Gasteiger partial charge in [0.25, 0.3) is 0 Å². The zero-order chi connectivity index (χ0) is 34.6. The molecule has 5 aromatic carbocycles. The molecule has 0 atom stereocenters. The van der Waals surface area contributed by atoms with Crippen molar-refractivity contribution >= 4 is 26.5 Å². The molecule has 1 aliphatic carbocycles. The quantitative estimate of drug-likeness (QED) is 0.118. The average molecular weight is 665 g/mol. The predicted molar refractivity (Wildman–Crippen MR) is 215 cm³/mol. The van der Waals surface area contributed by atoms with Gasteiger partial charge in [0.15, 0.2) is 0 Å². The molecule has 0 saturated heterocycles. The van der Waals surface area contributed by atoms with Crippen LogP contribution >= 0.6 is 0 Å². The second-order valence-corrected chi connectivity index (χ2v) is 26.0. The molecule has 0 aliphatic heterocycles. The molecule has 48 heavy (non-hydrogen) atoms. The van der Waals surface area contributed by atoms with E-state index < -0.39 is 16.1 Å². The van der Waals surface area contributed by atoms with Crippen LogP contribution in [0.3, 0.4) is 0 Å². The van der Waals surface area contributed by atoms with E-state index in [-0.39, 0.29) is 10.6 Å². The van der Waals surface area contributed by atoms with E-state index in [1.807, 2.05) is 6.08 Å². The number of hydrogen-bond acceptors (Lipinski definition) is 1. The maximum Gasteiger partial charge on any atom is 0.118 e. The highest BCUT2D eigenvalue weighted by atomic mass is 28.3. The Morgan fingerprint density at radius 1 is 0.625 bits per heavy atom. The standard InChI is InChI=1S/C45H52OSi2/c1-12-23-46-43-41(26-32(4)27-42(43)48(10,11)45(5,6)7)47(8,9)44-39-28-35(33-17-13-15-30(2)24-33)19-21-37(39)38-22-20-36(29-40(38)44)34-18-14-16-31(3)25-34/h12-22,24-29,44H,1,23H2,2-11H3. The number of rotatable bonds is 8. The van der Waals surface area contributed by atoms with Gasteiger partial charge >= 0.3 is 0 Å². The van der Waals surface area contributed by atoms with Crippen molar-refractivity contribution < 1.29 is 4.74 Å². The minimum atomic E-state index is -2.35. The molecule has 1 nitrogen and oxygen atoms in total. The van der Waals surface area contributed by atoms with E-state index in [1.54, 1.807) is 0 Å². The molecule has 0 spiro atoms. The third-order valence-corrected chi connectivity index (χ3v) is 20.6. The highest BCUT2D eigenvalue weighted by Gasteiger charge is 2.46. The van der Waals surface area contributed by atoms with E-state index in [4.69, 9.17) is 4.74 Å². The van der Waals surface area contributed by atoms with Gasteiger partial charge in [-0.25, -0.2) is 0 Å². The third-order valence-electron chi connectivity index (χ3n) is 11.3. The molecule has 0 saturated carbocycles. The maximum atomic E-state index is 6.84. The monoisotopic (exact) mass is 664 g/mol. The van der Waals surface area contributed by atoms with E-state index in [0.29, 0.717) is 6.61 Å². The number of aryl methyl sites for hydroxylation is 3. The van der Waals surface area contributed by atoms with Crippen LogP contribution in [0, 0.1) is 20.8 Å². The van der Waals surface area contributed by atoms with E-state index >= 15 is 0 Å². The van der Waals surface area contributed by atoms with Crippen molar-refractivity contribution in [1.82, 2.24) is 0 Å². The molecule has 0 fully saturated rings. The summed E-state index contributed by atoms with van der Waals surface area (Å²) in [6.45, 7) is 28.6. The molecule has 0 amide bonds. The fourth-order valence-electron chi connectivity index (χ4n) is 7.62. The summed E-state index contributed by atoms with van der Waals surface area (Å²) < 4.78 is 6.84. The normalized spacial score (nSPS) is 13.3. The Balaban J connectivity index is 1.63. The predicted octanol–water partition coefficient (Wildman–Crippen LogP) is 11.5. The molecular weight excluding hydrogens is 613 g/mol. The van der Waals surface area contributed by atoms with Gasteiger partial charge in [-0.15, -0.1) is 0 Å². The maximum absolute atomic E-state index is 6.84. The van der Waals surface area contributed by atoms with Crippen molar-refractivity contribution in [3.63, 3.8) is 0 Å². The van der Waals surface area contributed by atoms with Gasteiger partial charge in [0.2, 0.25) is 0 Å². The Bertz CT molecular complexity index is 1930. The van der Waals surface area contributed by atoms with E-state index in [9.17, 15) is 0 Å². The molecule has 0 bridgehead atoms. The summed E-state index contributed by atoms with van der Waals surface area (Å²) in [4.78, 5) is 0. The van der Waals surface area contributed by atoms with Crippen LogP contribution in [0.25, 0.3) is 33.4 Å². The second-order valence-electron chi connectivity index (χ2n) is 16.2. The van der Waals surface area contributed by atoms with Gasteiger partial charge in [-0.05, 0) is 80.7 Å². The Morgan fingerprint density at radius 2 is 1.10 bits per heavy atom. The van der Waals surface area contributed by atoms with Crippen LogP contribution in [0.2, 0.25) is 31.2 Å². The van der Waals surface area contributed by atoms with Crippen molar-refractivity contribution in [3.05, 3.63) is 138 Å². The van der Waals surface area contributed by atoms with Crippen LogP contribution in [0.1, 0.15) is 54.1 Å². The first-order valence-corrected chi connectivity index (χ1v) is 23.5. The van der Waals surface area contributed by atoms with Crippen LogP contribution in [-0.2, 0) is 0 Å². The van der Waals surface area contributed by atoms with Gasteiger partial charge < -0.3 is 4.74 Å². The lowest BCUT2D eigenvalue weighted by Crippen LogP contribution is -2.55. The number of hydrogen-bond donors (Lipinski definition) is 0. The first-order valence-electron chi connectivity index (χ1n) is 17.4. The lowest BCUT2D eigenvalue weighted by molar-refractivity contribution is 0.368. The summed E-state index contributed by atoms with van der Waals surface area (Å²) in [6, 6.07) is 37.2. The molecule has 3 heteroatoms. The zero-order valence-corrected chi connectivity index (χ0v) is 32.7. The molecule has 5 aromatic rings. The topological polar surface area (TPSA) is 9.23 Å². The van der Waals surface area contributed by atoms with Crippen molar-refractivity contribution in [3.8, 4) is 39.1 Å². The van der Waals surface area contributed by atoms with Gasteiger partial charge in [0.1, 0.15) is 12.4 Å². The Kier molecular flexibility index (Phi) is 8.85. The SMILES string of the molecule is C=CCOc1c([Si](C)(C)C2c3cc(-c4cccc(C)c4)ccc3-c3ccc(-c4cccc(C)c4)cc32)cc(C)cc1[Si](C)(C)C(C)(C)C. The van der Waals surface area contributed by atoms with Crippen LogP contribution in [0.4, 0.5) is 0 Å². The lowest BCUT2D eigenvalue weighted by atomic mass is 9.97. The van der Waals surface area contributed by atoms with E-state index in [2.05, 4.69) is 171 Å². The largest absolute Gasteiger partial charge is 0.490 e. The lowest BCUT2D eigenvalue weighted by Gasteiger charge is -2.41.